The van der Waals surface area contributed by atoms with Gasteiger partial charge in [0.15, 0.2) is 0 Å². The van der Waals surface area contributed by atoms with Crippen LogP contribution >= 0.6 is 11.3 Å². The molecular formula is C14H23N3S. The largest absolute Gasteiger partial charge is 0.326 e. The number of hydrogen-bond acceptors (Lipinski definition) is 4. The molecule has 0 aliphatic heterocycles. The normalized spacial score (nSPS) is 14.8. The summed E-state index contributed by atoms with van der Waals surface area (Å²) in [7, 11) is 0. The van der Waals surface area contributed by atoms with Gasteiger partial charge < -0.3 is 5.73 Å². The summed E-state index contributed by atoms with van der Waals surface area (Å²) in [5.74, 6) is 0. The molecule has 0 spiro atoms. The van der Waals surface area contributed by atoms with Gasteiger partial charge in [-0.1, -0.05) is 0 Å². The van der Waals surface area contributed by atoms with Gasteiger partial charge in [-0.2, -0.15) is 5.26 Å². The molecule has 0 aliphatic carbocycles. The lowest BCUT2D eigenvalue weighted by atomic mass is 10.0. The van der Waals surface area contributed by atoms with Crippen molar-refractivity contribution in [1.82, 2.24) is 4.90 Å². The van der Waals surface area contributed by atoms with Crippen LogP contribution in [0.4, 0.5) is 0 Å². The quantitative estimate of drug-likeness (QED) is 0.860. The minimum atomic E-state index is 0.0594. The molecule has 0 amide bonds. The Balaban J connectivity index is 2.97. The number of nitrogens with zero attached hydrogens (tertiary/aromatic N) is 2. The Kier molecular flexibility index (Phi) is 5.80. The Hall–Kier alpha value is -0.890. The number of thiophene rings is 1. The number of aryl methyl sites for hydroxylation is 1. The highest BCUT2D eigenvalue weighted by molar-refractivity contribution is 7.12. The first-order valence-electron chi connectivity index (χ1n) is 6.42. The van der Waals surface area contributed by atoms with Crippen molar-refractivity contribution in [2.75, 3.05) is 6.54 Å². The van der Waals surface area contributed by atoms with Crippen LogP contribution in [0.3, 0.4) is 0 Å². The molecule has 1 aromatic rings. The Morgan fingerprint density at radius 2 is 2.06 bits per heavy atom. The van der Waals surface area contributed by atoms with Crippen molar-refractivity contribution in [3.8, 4) is 6.07 Å². The summed E-state index contributed by atoms with van der Waals surface area (Å²) in [5, 5.41) is 8.79. The highest BCUT2D eigenvalue weighted by Crippen LogP contribution is 2.31. The smallest absolute Gasteiger partial charge is 0.0635 e. The topological polar surface area (TPSA) is 53.0 Å². The van der Waals surface area contributed by atoms with Crippen molar-refractivity contribution in [2.45, 2.75) is 52.2 Å². The molecule has 100 valence electrons. The van der Waals surface area contributed by atoms with Gasteiger partial charge in [-0.15, -0.1) is 11.3 Å². The fraction of sp³-hybridized carbons (Fsp3) is 0.643. The van der Waals surface area contributed by atoms with E-state index in [2.05, 4.69) is 43.9 Å². The highest BCUT2D eigenvalue weighted by Gasteiger charge is 2.26. The Labute approximate surface area is 114 Å². The van der Waals surface area contributed by atoms with Crippen molar-refractivity contribution < 1.29 is 0 Å². The van der Waals surface area contributed by atoms with E-state index in [0.29, 0.717) is 12.5 Å². The number of rotatable bonds is 6. The molecule has 2 N–H and O–H groups in total. The first kappa shape index (κ1) is 15.2. The van der Waals surface area contributed by atoms with Crippen LogP contribution in [-0.2, 0) is 0 Å². The molecular weight excluding hydrogens is 242 g/mol. The summed E-state index contributed by atoms with van der Waals surface area (Å²) in [5.41, 5.74) is 6.17. The highest BCUT2D eigenvalue weighted by atomic mass is 32.1. The molecule has 0 radical (unpaired) electrons. The van der Waals surface area contributed by atoms with Gasteiger partial charge in [0.25, 0.3) is 0 Å². The van der Waals surface area contributed by atoms with Crippen molar-refractivity contribution in [1.29, 1.82) is 5.26 Å². The van der Waals surface area contributed by atoms with E-state index < -0.39 is 0 Å². The standard InChI is InChI=1S/C14H23N3S/c1-10(2)17(9-5-8-15)14(12(4)16)13-7-6-11(3)18-13/h6-7,10,12,14H,5,9,16H2,1-4H3. The van der Waals surface area contributed by atoms with E-state index in [1.54, 1.807) is 11.3 Å². The molecule has 0 saturated carbocycles. The lowest BCUT2D eigenvalue weighted by molar-refractivity contribution is 0.141. The van der Waals surface area contributed by atoms with E-state index in [1.807, 2.05) is 6.92 Å². The van der Waals surface area contributed by atoms with Gasteiger partial charge in [-0.3, -0.25) is 4.90 Å². The monoisotopic (exact) mass is 265 g/mol. The average Bonchev–Trinajstić information content (AvgIpc) is 2.69. The molecule has 0 aliphatic rings. The Bertz CT molecular complexity index is 403. The van der Waals surface area contributed by atoms with Crippen LogP contribution in [0.5, 0.6) is 0 Å². The van der Waals surface area contributed by atoms with E-state index in [-0.39, 0.29) is 12.1 Å². The number of nitriles is 1. The minimum absolute atomic E-state index is 0.0594. The van der Waals surface area contributed by atoms with Gasteiger partial charge in [-0.05, 0) is 39.8 Å². The zero-order valence-electron chi connectivity index (χ0n) is 11.7. The fourth-order valence-corrected chi connectivity index (χ4v) is 3.35. The molecule has 0 bridgehead atoms. The summed E-state index contributed by atoms with van der Waals surface area (Å²) in [6.45, 7) is 9.25. The van der Waals surface area contributed by atoms with Gasteiger partial charge in [-0.25, -0.2) is 0 Å². The van der Waals surface area contributed by atoms with Crippen molar-refractivity contribution in [3.63, 3.8) is 0 Å². The third kappa shape index (κ3) is 3.81. The molecule has 18 heavy (non-hydrogen) atoms. The first-order chi connectivity index (χ1) is 8.47. The molecule has 4 heteroatoms. The minimum Gasteiger partial charge on any atom is -0.326 e. The van der Waals surface area contributed by atoms with Crippen LogP contribution in [-0.4, -0.2) is 23.5 Å². The van der Waals surface area contributed by atoms with Crippen molar-refractivity contribution in [2.24, 2.45) is 5.73 Å². The predicted octanol–water partition coefficient (Wildman–Crippen LogP) is 3.07. The van der Waals surface area contributed by atoms with Crippen LogP contribution in [0.1, 0.15) is 43.0 Å². The number of hydrogen-bond donors (Lipinski definition) is 1. The maximum Gasteiger partial charge on any atom is 0.0635 e. The van der Waals surface area contributed by atoms with E-state index in [9.17, 15) is 0 Å². The second-order valence-electron chi connectivity index (χ2n) is 4.99. The third-order valence-electron chi connectivity index (χ3n) is 3.05. The molecule has 1 heterocycles. The molecule has 1 aromatic heterocycles. The Morgan fingerprint density at radius 1 is 1.39 bits per heavy atom. The molecule has 3 nitrogen and oxygen atoms in total. The van der Waals surface area contributed by atoms with Gasteiger partial charge >= 0.3 is 0 Å². The lowest BCUT2D eigenvalue weighted by Crippen LogP contribution is -2.43. The van der Waals surface area contributed by atoms with Crippen molar-refractivity contribution in [3.05, 3.63) is 21.9 Å². The summed E-state index contributed by atoms with van der Waals surface area (Å²) in [4.78, 5) is 4.94. The maximum absolute atomic E-state index is 8.79. The summed E-state index contributed by atoms with van der Waals surface area (Å²) in [6.07, 6.45) is 0.547. The number of nitrogens with two attached hydrogens (primary N) is 1. The van der Waals surface area contributed by atoms with Gasteiger partial charge in [0.2, 0.25) is 0 Å². The van der Waals surface area contributed by atoms with E-state index in [1.165, 1.54) is 9.75 Å². The molecule has 2 unspecified atom stereocenters. The van der Waals surface area contributed by atoms with Gasteiger partial charge in [0.1, 0.15) is 0 Å². The molecule has 0 saturated heterocycles. The zero-order valence-corrected chi connectivity index (χ0v) is 12.5. The second kappa shape index (κ2) is 6.89. The van der Waals surface area contributed by atoms with Gasteiger partial charge in [0, 0.05) is 34.8 Å². The lowest BCUT2D eigenvalue weighted by Gasteiger charge is -2.36. The van der Waals surface area contributed by atoms with E-state index >= 15 is 0 Å². The fourth-order valence-electron chi connectivity index (χ4n) is 2.23. The van der Waals surface area contributed by atoms with Crippen LogP contribution in [0, 0.1) is 18.3 Å². The van der Waals surface area contributed by atoms with Gasteiger partial charge in [0.05, 0.1) is 12.1 Å². The van der Waals surface area contributed by atoms with Crippen LogP contribution in [0.2, 0.25) is 0 Å². The molecule has 0 aromatic carbocycles. The summed E-state index contributed by atoms with van der Waals surface area (Å²) in [6, 6.07) is 7.17. The van der Waals surface area contributed by atoms with Crippen LogP contribution in [0.15, 0.2) is 12.1 Å². The molecule has 0 fully saturated rings. The Morgan fingerprint density at radius 3 is 2.44 bits per heavy atom. The van der Waals surface area contributed by atoms with Crippen molar-refractivity contribution >= 4 is 11.3 Å². The molecule has 2 atom stereocenters. The maximum atomic E-state index is 8.79. The molecule has 1 rings (SSSR count). The average molecular weight is 265 g/mol. The second-order valence-corrected chi connectivity index (χ2v) is 6.31. The predicted molar refractivity (Wildman–Crippen MR) is 77.5 cm³/mol. The SMILES string of the molecule is Cc1ccc(C(C(C)N)N(CCC#N)C(C)C)s1. The summed E-state index contributed by atoms with van der Waals surface area (Å²) < 4.78 is 0. The zero-order chi connectivity index (χ0) is 13.7. The van der Waals surface area contributed by atoms with Crippen LogP contribution < -0.4 is 5.73 Å². The van der Waals surface area contributed by atoms with E-state index in [4.69, 9.17) is 11.0 Å². The van der Waals surface area contributed by atoms with E-state index in [0.717, 1.165) is 6.54 Å². The van der Waals surface area contributed by atoms with Crippen LogP contribution in [0.25, 0.3) is 0 Å². The first-order valence-corrected chi connectivity index (χ1v) is 7.23. The third-order valence-corrected chi connectivity index (χ3v) is 4.12. The summed E-state index contributed by atoms with van der Waals surface area (Å²) >= 11 is 1.80.